The molecule has 1 aromatic carbocycles. The number of thioether (sulfide) groups is 1. The van der Waals surface area contributed by atoms with Gasteiger partial charge in [-0.1, -0.05) is 18.6 Å². The molecule has 0 bridgehead atoms. The van der Waals surface area contributed by atoms with Gasteiger partial charge in [-0.25, -0.2) is 4.79 Å². The average Bonchev–Trinajstić information content (AvgIpc) is 3.11. The molecule has 0 spiro atoms. The van der Waals surface area contributed by atoms with Crippen LogP contribution in [-0.2, 0) is 4.79 Å². The Morgan fingerprint density at radius 2 is 2.16 bits per heavy atom. The molecule has 0 aliphatic carbocycles. The van der Waals surface area contributed by atoms with Crippen molar-refractivity contribution in [3.8, 4) is 0 Å². The molecule has 0 saturated carbocycles. The first-order valence-corrected chi connectivity index (χ1v) is 9.52. The van der Waals surface area contributed by atoms with E-state index in [0.29, 0.717) is 22.8 Å². The molecule has 3 rings (SSSR count). The zero-order valence-electron chi connectivity index (χ0n) is 13.8. The predicted molar refractivity (Wildman–Crippen MR) is 98.9 cm³/mol. The fourth-order valence-corrected chi connectivity index (χ4v) is 4.82. The molecule has 2 saturated heterocycles. The summed E-state index contributed by atoms with van der Waals surface area (Å²) in [5.41, 5.74) is 0.905. The van der Waals surface area contributed by atoms with E-state index in [0.717, 1.165) is 25.0 Å². The molecular weight excluding hydrogens is 341 g/mol. The third kappa shape index (κ3) is 4.68. The number of carbonyl (C=O) groups excluding carboxylic acids is 2. The van der Waals surface area contributed by atoms with Gasteiger partial charge in [0.25, 0.3) is 0 Å². The van der Waals surface area contributed by atoms with Crippen molar-refractivity contribution < 1.29 is 19.6 Å². The van der Waals surface area contributed by atoms with Gasteiger partial charge in [-0.15, -0.1) is 0 Å². The van der Waals surface area contributed by atoms with Crippen LogP contribution in [0.5, 0.6) is 0 Å². The van der Waals surface area contributed by atoms with Crippen LogP contribution in [0, 0.1) is 0 Å². The summed E-state index contributed by atoms with van der Waals surface area (Å²) in [4.78, 5) is 23.4. The Kier molecular flexibility index (Phi) is 5.87. The lowest BCUT2D eigenvalue weighted by atomic mass is 9.80. The molecule has 2 fully saturated rings. The lowest BCUT2D eigenvalue weighted by molar-refractivity contribution is -0.116. The molecular formula is C16H22BN3O4S. The molecule has 3 atom stereocenters. The number of amides is 3. The van der Waals surface area contributed by atoms with Gasteiger partial charge in [0.1, 0.15) is 0 Å². The zero-order chi connectivity index (χ0) is 17.8. The molecule has 25 heavy (non-hydrogen) atoms. The first kappa shape index (κ1) is 18.1. The number of unbranched alkanes of at least 4 members (excludes halogenated alkanes) is 1. The summed E-state index contributed by atoms with van der Waals surface area (Å²) in [6, 6.07) is 6.89. The quantitative estimate of drug-likeness (QED) is 0.267. The molecule has 3 amide bonds. The van der Waals surface area contributed by atoms with Crippen LogP contribution < -0.4 is 21.4 Å². The molecule has 2 aliphatic heterocycles. The second-order valence-electron chi connectivity index (χ2n) is 6.41. The number of anilines is 1. The topological polar surface area (TPSA) is 111 Å². The molecule has 9 heteroatoms. The Hall–Kier alpha value is -1.71. The van der Waals surface area contributed by atoms with Crippen molar-refractivity contribution in [1.82, 2.24) is 10.6 Å². The molecule has 0 radical (unpaired) electrons. The molecule has 2 aliphatic rings. The molecule has 7 nitrogen and oxygen atoms in total. The fraction of sp³-hybridized carbons (Fsp3) is 0.500. The summed E-state index contributed by atoms with van der Waals surface area (Å²) in [5, 5.41) is 27.4. The highest BCUT2D eigenvalue weighted by Gasteiger charge is 2.42. The molecule has 134 valence electrons. The highest BCUT2D eigenvalue weighted by Crippen LogP contribution is 2.33. The van der Waals surface area contributed by atoms with E-state index in [4.69, 9.17) is 10.0 Å². The minimum atomic E-state index is -1.55. The first-order valence-electron chi connectivity index (χ1n) is 8.47. The van der Waals surface area contributed by atoms with Gasteiger partial charge < -0.3 is 26.0 Å². The Morgan fingerprint density at radius 3 is 2.96 bits per heavy atom. The van der Waals surface area contributed by atoms with E-state index in [-0.39, 0.29) is 24.0 Å². The van der Waals surface area contributed by atoms with Crippen LogP contribution in [0.4, 0.5) is 10.5 Å². The van der Waals surface area contributed by atoms with Gasteiger partial charge in [0.05, 0.1) is 12.1 Å². The largest absolute Gasteiger partial charge is 0.488 e. The number of hydrogen-bond acceptors (Lipinski definition) is 5. The Morgan fingerprint density at radius 1 is 1.32 bits per heavy atom. The van der Waals surface area contributed by atoms with Gasteiger partial charge in [-0.3, -0.25) is 4.79 Å². The minimum Gasteiger partial charge on any atom is -0.423 e. The van der Waals surface area contributed by atoms with Crippen LogP contribution in [0.25, 0.3) is 0 Å². The predicted octanol–water partition coefficient (Wildman–Crippen LogP) is 0.0307. The Bertz CT molecular complexity index is 646. The van der Waals surface area contributed by atoms with Gasteiger partial charge >= 0.3 is 13.1 Å². The van der Waals surface area contributed by atoms with Crippen LogP contribution in [0.3, 0.4) is 0 Å². The third-order valence-electron chi connectivity index (χ3n) is 4.55. The maximum atomic E-state index is 12.0. The fourth-order valence-electron chi connectivity index (χ4n) is 3.27. The number of urea groups is 1. The van der Waals surface area contributed by atoms with E-state index in [1.165, 1.54) is 0 Å². The van der Waals surface area contributed by atoms with Gasteiger partial charge in [0.15, 0.2) is 0 Å². The van der Waals surface area contributed by atoms with Gasteiger partial charge in [0, 0.05) is 23.1 Å². The van der Waals surface area contributed by atoms with Crippen LogP contribution in [0.15, 0.2) is 24.3 Å². The van der Waals surface area contributed by atoms with Crippen LogP contribution in [-0.4, -0.2) is 52.2 Å². The zero-order valence-corrected chi connectivity index (χ0v) is 14.6. The van der Waals surface area contributed by atoms with E-state index >= 15 is 0 Å². The Balaban J connectivity index is 1.37. The number of carbonyl (C=O) groups is 2. The number of rotatable bonds is 7. The summed E-state index contributed by atoms with van der Waals surface area (Å²) in [7, 11) is -1.55. The number of nitrogens with one attached hydrogen (secondary N) is 3. The van der Waals surface area contributed by atoms with Crippen molar-refractivity contribution in [2.24, 2.45) is 0 Å². The molecule has 1 aromatic rings. The minimum absolute atomic E-state index is 0.0742. The number of benzene rings is 1. The maximum Gasteiger partial charge on any atom is 0.488 e. The van der Waals surface area contributed by atoms with Crippen molar-refractivity contribution in [2.45, 2.75) is 43.0 Å². The van der Waals surface area contributed by atoms with Gasteiger partial charge in [-0.2, -0.15) is 11.8 Å². The SMILES string of the molecule is O=C(CCCC[C@@H]1SC[C@H]2NC(=O)N[C@H]12)Nc1cccc(B(O)O)c1. The summed E-state index contributed by atoms with van der Waals surface area (Å²) in [6.07, 6.45) is 3.11. The average molecular weight is 363 g/mol. The monoisotopic (exact) mass is 363 g/mol. The summed E-state index contributed by atoms with van der Waals surface area (Å²) in [6.45, 7) is 0. The number of hydrogen-bond donors (Lipinski definition) is 5. The Labute approximate surface area is 151 Å². The van der Waals surface area contributed by atoms with Crippen molar-refractivity contribution in [3.05, 3.63) is 24.3 Å². The second kappa shape index (κ2) is 8.12. The van der Waals surface area contributed by atoms with E-state index in [2.05, 4.69) is 16.0 Å². The maximum absolute atomic E-state index is 12.0. The number of fused-ring (bicyclic) bond motifs is 1. The third-order valence-corrected chi connectivity index (χ3v) is 6.06. The second-order valence-corrected chi connectivity index (χ2v) is 7.69. The van der Waals surface area contributed by atoms with Gasteiger partial charge in [-0.05, 0) is 30.4 Å². The lowest BCUT2D eigenvalue weighted by Crippen LogP contribution is -2.36. The van der Waals surface area contributed by atoms with Crippen molar-refractivity contribution in [2.75, 3.05) is 11.1 Å². The normalized spacial score (nSPS) is 24.4. The van der Waals surface area contributed by atoms with Crippen molar-refractivity contribution >= 4 is 42.0 Å². The van der Waals surface area contributed by atoms with Crippen LogP contribution in [0.2, 0.25) is 0 Å². The standard InChI is InChI=1S/C16H22BN3O4S/c21-14(18-11-5-3-4-10(8-11)17(23)24)7-2-1-6-13-15-12(9-25-13)19-16(22)20-15/h3-5,8,12-13,15,23-24H,1-2,6-7,9H2,(H,18,21)(H2,19,20,22)/t12-,13+,15+/m1/s1. The molecule has 2 heterocycles. The van der Waals surface area contributed by atoms with E-state index in [1.807, 2.05) is 11.8 Å². The van der Waals surface area contributed by atoms with E-state index in [9.17, 15) is 9.59 Å². The van der Waals surface area contributed by atoms with Crippen LogP contribution >= 0.6 is 11.8 Å². The molecule has 0 aromatic heterocycles. The first-order chi connectivity index (χ1) is 12.0. The van der Waals surface area contributed by atoms with Crippen LogP contribution in [0.1, 0.15) is 25.7 Å². The lowest BCUT2D eigenvalue weighted by Gasteiger charge is -2.16. The van der Waals surface area contributed by atoms with Crippen molar-refractivity contribution in [3.63, 3.8) is 0 Å². The highest BCUT2D eigenvalue weighted by molar-refractivity contribution is 8.00. The van der Waals surface area contributed by atoms with Gasteiger partial charge in [0.2, 0.25) is 5.91 Å². The summed E-state index contributed by atoms with van der Waals surface area (Å²) in [5.74, 6) is 0.860. The smallest absolute Gasteiger partial charge is 0.423 e. The van der Waals surface area contributed by atoms with E-state index in [1.54, 1.807) is 24.3 Å². The molecule has 0 unspecified atom stereocenters. The summed E-state index contributed by atoms with van der Waals surface area (Å²) >= 11 is 1.88. The molecule has 5 N–H and O–H groups in total. The summed E-state index contributed by atoms with van der Waals surface area (Å²) < 4.78 is 0. The van der Waals surface area contributed by atoms with E-state index < -0.39 is 7.12 Å². The van der Waals surface area contributed by atoms with Crippen molar-refractivity contribution in [1.29, 1.82) is 0 Å². The highest BCUT2D eigenvalue weighted by atomic mass is 32.2.